The Morgan fingerprint density at radius 2 is 1.30 bits per heavy atom. The van der Waals surface area contributed by atoms with Crippen LogP contribution in [-0.4, -0.2) is 12.1 Å². The summed E-state index contributed by atoms with van der Waals surface area (Å²) in [7, 11) is 0. The minimum atomic E-state index is -0.297. The lowest BCUT2D eigenvalue weighted by molar-refractivity contribution is -0.730. The summed E-state index contributed by atoms with van der Waals surface area (Å²) in [6.07, 6.45) is 22.7. The largest absolute Gasteiger partial charge is 0.452 e. The summed E-state index contributed by atoms with van der Waals surface area (Å²) >= 11 is 0. The van der Waals surface area contributed by atoms with Crippen LogP contribution in [0.5, 0.6) is 0 Å². The summed E-state index contributed by atoms with van der Waals surface area (Å²) in [5, 5.41) is 0. The van der Waals surface area contributed by atoms with Gasteiger partial charge in [0.15, 0.2) is 24.5 Å². The molecule has 0 spiro atoms. The second kappa shape index (κ2) is 17.1. The van der Waals surface area contributed by atoms with E-state index in [-0.39, 0.29) is 18.1 Å². The van der Waals surface area contributed by atoms with Gasteiger partial charge in [-0.05, 0) is 20.3 Å². The van der Waals surface area contributed by atoms with Crippen molar-refractivity contribution in [2.45, 2.75) is 123 Å². The van der Waals surface area contributed by atoms with Gasteiger partial charge in [0.05, 0.1) is 0 Å². The van der Waals surface area contributed by atoms with Crippen LogP contribution in [-0.2, 0) is 9.53 Å². The molecular formula is C27H46NO2+. The lowest BCUT2D eigenvalue weighted by Crippen LogP contribution is -2.45. The van der Waals surface area contributed by atoms with Crippen LogP contribution >= 0.6 is 0 Å². The summed E-state index contributed by atoms with van der Waals surface area (Å²) < 4.78 is 7.81. The van der Waals surface area contributed by atoms with Gasteiger partial charge < -0.3 is 4.74 Å². The zero-order valence-electron chi connectivity index (χ0n) is 19.9. The Kier molecular flexibility index (Phi) is 15.0. The van der Waals surface area contributed by atoms with Gasteiger partial charge in [-0.25, -0.2) is 4.79 Å². The van der Waals surface area contributed by atoms with E-state index in [2.05, 4.69) is 30.5 Å². The summed E-state index contributed by atoms with van der Waals surface area (Å²) in [6.45, 7) is 9.67. The number of rotatable bonds is 18. The molecule has 1 aromatic heterocycles. The van der Waals surface area contributed by atoms with Gasteiger partial charge in [-0.1, -0.05) is 96.6 Å². The third-order valence-corrected chi connectivity index (χ3v) is 5.91. The first-order valence-electron chi connectivity index (χ1n) is 12.4. The predicted molar refractivity (Wildman–Crippen MR) is 126 cm³/mol. The lowest BCUT2D eigenvalue weighted by atomic mass is 10.0. The summed E-state index contributed by atoms with van der Waals surface area (Å²) in [4.78, 5) is 11.9. The van der Waals surface area contributed by atoms with Crippen molar-refractivity contribution >= 4 is 5.97 Å². The topological polar surface area (TPSA) is 30.2 Å². The van der Waals surface area contributed by atoms with Crippen LogP contribution in [0.4, 0.5) is 0 Å². The SMILES string of the molecule is C=C(C)C(=O)OC(C)C(CCCCCCCCCCCCCCC)[n+]1ccccc1. The van der Waals surface area contributed by atoms with Gasteiger partial charge in [-0.2, -0.15) is 4.57 Å². The molecule has 1 rings (SSSR count). The Bertz CT molecular complexity index is 569. The molecule has 0 fully saturated rings. The fourth-order valence-electron chi connectivity index (χ4n) is 3.98. The number of nitrogens with zero attached hydrogens (tertiary/aromatic N) is 1. The molecule has 0 aliphatic heterocycles. The molecule has 1 heterocycles. The number of esters is 1. The molecule has 2 unspecified atom stereocenters. The highest BCUT2D eigenvalue weighted by molar-refractivity contribution is 5.87. The van der Waals surface area contributed by atoms with Crippen LogP contribution in [0.3, 0.4) is 0 Å². The van der Waals surface area contributed by atoms with Gasteiger partial charge in [0.1, 0.15) is 0 Å². The molecule has 0 saturated heterocycles. The first kappa shape index (κ1) is 26.4. The Balaban J connectivity index is 2.21. The summed E-state index contributed by atoms with van der Waals surface area (Å²) in [6, 6.07) is 6.25. The predicted octanol–water partition coefficient (Wildman–Crippen LogP) is 7.50. The number of carbonyl (C=O) groups is 1. The van der Waals surface area contributed by atoms with E-state index in [1.165, 1.54) is 83.5 Å². The molecule has 3 nitrogen and oxygen atoms in total. The van der Waals surface area contributed by atoms with Gasteiger partial charge in [0.25, 0.3) is 0 Å². The number of aromatic nitrogens is 1. The van der Waals surface area contributed by atoms with Gasteiger partial charge in [-0.15, -0.1) is 0 Å². The van der Waals surface area contributed by atoms with Crippen molar-refractivity contribution < 1.29 is 14.1 Å². The molecular weight excluding hydrogens is 370 g/mol. The van der Waals surface area contributed by atoms with Crippen LogP contribution in [0.2, 0.25) is 0 Å². The number of ether oxygens (including phenoxy) is 1. The first-order valence-corrected chi connectivity index (χ1v) is 12.4. The average Bonchev–Trinajstić information content (AvgIpc) is 2.74. The van der Waals surface area contributed by atoms with Gasteiger partial charge in [0, 0.05) is 24.1 Å². The van der Waals surface area contributed by atoms with Crippen LogP contribution in [0.1, 0.15) is 117 Å². The average molecular weight is 417 g/mol. The fourth-order valence-corrected chi connectivity index (χ4v) is 3.98. The van der Waals surface area contributed by atoms with Crippen molar-refractivity contribution in [1.29, 1.82) is 0 Å². The minimum absolute atomic E-state index is 0.168. The molecule has 1 aromatic rings. The highest BCUT2D eigenvalue weighted by Gasteiger charge is 2.28. The van der Waals surface area contributed by atoms with E-state index in [9.17, 15) is 4.79 Å². The molecule has 2 atom stereocenters. The van der Waals surface area contributed by atoms with E-state index < -0.39 is 0 Å². The third kappa shape index (κ3) is 12.1. The van der Waals surface area contributed by atoms with Crippen LogP contribution in [0, 0.1) is 0 Å². The van der Waals surface area contributed by atoms with Crippen molar-refractivity contribution in [2.24, 2.45) is 0 Å². The van der Waals surface area contributed by atoms with Gasteiger partial charge in [0.2, 0.25) is 0 Å². The Morgan fingerprint density at radius 1 is 0.833 bits per heavy atom. The van der Waals surface area contributed by atoms with E-state index in [1.807, 2.05) is 25.1 Å². The first-order chi connectivity index (χ1) is 14.6. The highest BCUT2D eigenvalue weighted by atomic mass is 16.5. The molecule has 0 aliphatic carbocycles. The minimum Gasteiger partial charge on any atom is -0.452 e. The van der Waals surface area contributed by atoms with E-state index in [4.69, 9.17) is 4.74 Å². The van der Waals surface area contributed by atoms with E-state index in [0.717, 1.165) is 6.42 Å². The molecule has 0 aliphatic rings. The Hall–Kier alpha value is -1.64. The van der Waals surface area contributed by atoms with E-state index in [0.29, 0.717) is 5.57 Å². The number of pyridine rings is 1. The normalized spacial score (nSPS) is 13.0. The number of hydrogen-bond acceptors (Lipinski definition) is 2. The lowest BCUT2D eigenvalue weighted by Gasteiger charge is -2.20. The number of carbonyl (C=O) groups excluding carboxylic acids is 1. The Labute approximate surface area is 185 Å². The van der Waals surface area contributed by atoms with Crippen LogP contribution in [0.15, 0.2) is 42.7 Å². The van der Waals surface area contributed by atoms with Crippen molar-refractivity contribution in [3.05, 3.63) is 42.7 Å². The maximum Gasteiger partial charge on any atom is 0.333 e. The van der Waals surface area contributed by atoms with Crippen molar-refractivity contribution in [3.63, 3.8) is 0 Å². The zero-order valence-corrected chi connectivity index (χ0v) is 19.9. The van der Waals surface area contributed by atoms with Crippen LogP contribution in [0.25, 0.3) is 0 Å². The van der Waals surface area contributed by atoms with Crippen molar-refractivity contribution in [2.75, 3.05) is 0 Å². The smallest absolute Gasteiger partial charge is 0.333 e. The molecule has 0 N–H and O–H groups in total. The summed E-state index contributed by atoms with van der Waals surface area (Å²) in [5.74, 6) is -0.297. The maximum atomic E-state index is 11.9. The monoisotopic (exact) mass is 416 g/mol. The number of hydrogen-bond donors (Lipinski definition) is 0. The highest BCUT2D eigenvalue weighted by Crippen LogP contribution is 2.19. The molecule has 3 heteroatoms. The van der Waals surface area contributed by atoms with E-state index in [1.54, 1.807) is 6.92 Å². The van der Waals surface area contributed by atoms with E-state index >= 15 is 0 Å². The van der Waals surface area contributed by atoms with Crippen LogP contribution < -0.4 is 4.57 Å². The maximum absolute atomic E-state index is 11.9. The van der Waals surface area contributed by atoms with Gasteiger partial charge in [-0.3, -0.25) is 0 Å². The van der Waals surface area contributed by atoms with Crippen molar-refractivity contribution in [1.82, 2.24) is 0 Å². The second-order valence-electron chi connectivity index (χ2n) is 8.81. The molecule has 30 heavy (non-hydrogen) atoms. The third-order valence-electron chi connectivity index (χ3n) is 5.91. The molecule has 0 bridgehead atoms. The van der Waals surface area contributed by atoms with Crippen molar-refractivity contribution in [3.8, 4) is 0 Å². The molecule has 0 aromatic carbocycles. The molecule has 0 saturated carbocycles. The Morgan fingerprint density at radius 3 is 1.77 bits per heavy atom. The zero-order chi connectivity index (χ0) is 22.0. The molecule has 0 amide bonds. The molecule has 0 radical (unpaired) electrons. The second-order valence-corrected chi connectivity index (χ2v) is 8.81. The fraction of sp³-hybridized carbons (Fsp3) is 0.704. The molecule has 170 valence electrons. The quantitative estimate of drug-likeness (QED) is 0.107. The van der Waals surface area contributed by atoms with Gasteiger partial charge >= 0.3 is 5.97 Å². The standard InChI is InChI=1S/C27H46NO2/c1-5-6-7-8-9-10-11-12-13-14-15-16-18-21-26(28-22-19-17-20-23-28)25(4)30-27(29)24(2)3/h17,19-20,22-23,25-26H,2,5-16,18,21H2,1,3-4H3/q+1. The number of unbranched alkanes of at least 4 members (excludes halogenated alkanes) is 12. The summed E-state index contributed by atoms with van der Waals surface area (Å²) in [5.41, 5.74) is 0.458.